The molecule has 0 aliphatic heterocycles. The van der Waals surface area contributed by atoms with Crippen molar-refractivity contribution in [1.82, 2.24) is 10.3 Å². The van der Waals surface area contributed by atoms with Crippen LogP contribution in [0.4, 0.5) is 0 Å². The number of benzene rings is 1. The van der Waals surface area contributed by atoms with Crippen molar-refractivity contribution in [2.75, 3.05) is 21.3 Å². The SMILES string of the molecule is CNC(Cc1ccncc1Cl)c1c(OC)cccc1OC. The van der Waals surface area contributed by atoms with E-state index in [2.05, 4.69) is 10.3 Å². The quantitative estimate of drug-likeness (QED) is 0.889. The third kappa shape index (κ3) is 3.46. The number of nitrogens with zero attached hydrogens (tertiary/aromatic N) is 1. The Bertz CT molecular complexity index is 582. The van der Waals surface area contributed by atoms with Crippen LogP contribution in [0.5, 0.6) is 11.5 Å². The molecule has 1 aromatic heterocycles. The molecule has 2 rings (SSSR count). The summed E-state index contributed by atoms with van der Waals surface area (Å²) in [6.45, 7) is 0. The fourth-order valence-electron chi connectivity index (χ4n) is 2.36. The fourth-order valence-corrected chi connectivity index (χ4v) is 2.56. The number of aromatic nitrogens is 1. The first-order chi connectivity index (χ1) is 10.2. The van der Waals surface area contributed by atoms with E-state index in [0.717, 1.165) is 22.6 Å². The highest BCUT2D eigenvalue weighted by molar-refractivity contribution is 6.31. The van der Waals surface area contributed by atoms with Gasteiger partial charge in [0.25, 0.3) is 0 Å². The molecular weight excluding hydrogens is 288 g/mol. The van der Waals surface area contributed by atoms with E-state index in [0.29, 0.717) is 11.4 Å². The Balaban J connectivity index is 2.40. The highest BCUT2D eigenvalue weighted by atomic mass is 35.5. The number of methoxy groups -OCH3 is 2. The van der Waals surface area contributed by atoms with Crippen molar-refractivity contribution in [3.05, 3.63) is 52.8 Å². The molecule has 112 valence electrons. The van der Waals surface area contributed by atoms with Crippen LogP contribution < -0.4 is 14.8 Å². The third-order valence-corrected chi connectivity index (χ3v) is 3.78. The van der Waals surface area contributed by atoms with Crippen molar-refractivity contribution < 1.29 is 9.47 Å². The van der Waals surface area contributed by atoms with Crippen LogP contribution in [-0.2, 0) is 6.42 Å². The van der Waals surface area contributed by atoms with Gasteiger partial charge in [-0.1, -0.05) is 17.7 Å². The van der Waals surface area contributed by atoms with Gasteiger partial charge in [-0.05, 0) is 37.2 Å². The van der Waals surface area contributed by atoms with Gasteiger partial charge in [0.05, 0.1) is 24.8 Å². The number of likely N-dealkylation sites (N-methyl/N-ethyl adjacent to an activating group) is 1. The summed E-state index contributed by atoms with van der Waals surface area (Å²) in [4.78, 5) is 4.02. The first kappa shape index (κ1) is 15.6. The van der Waals surface area contributed by atoms with Crippen LogP contribution in [0.1, 0.15) is 17.2 Å². The lowest BCUT2D eigenvalue weighted by Crippen LogP contribution is -2.20. The van der Waals surface area contributed by atoms with Gasteiger partial charge >= 0.3 is 0 Å². The second-order valence-electron chi connectivity index (χ2n) is 4.59. The average Bonchev–Trinajstić information content (AvgIpc) is 2.53. The Hall–Kier alpha value is -1.78. The van der Waals surface area contributed by atoms with E-state index in [1.165, 1.54) is 0 Å². The van der Waals surface area contributed by atoms with Crippen molar-refractivity contribution in [1.29, 1.82) is 0 Å². The zero-order valence-electron chi connectivity index (χ0n) is 12.4. The lowest BCUT2D eigenvalue weighted by atomic mass is 9.97. The molecule has 0 bridgehead atoms. The summed E-state index contributed by atoms with van der Waals surface area (Å²) in [6, 6.07) is 7.71. The summed E-state index contributed by atoms with van der Waals surface area (Å²) in [6.07, 6.45) is 4.12. The predicted octanol–water partition coefficient (Wildman–Crippen LogP) is 3.26. The first-order valence-corrected chi connectivity index (χ1v) is 7.05. The van der Waals surface area contributed by atoms with Gasteiger partial charge < -0.3 is 14.8 Å². The van der Waals surface area contributed by atoms with E-state index in [9.17, 15) is 0 Å². The number of pyridine rings is 1. The van der Waals surface area contributed by atoms with Crippen LogP contribution in [0.3, 0.4) is 0 Å². The Kier molecular flexibility index (Phi) is 5.42. The minimum Gasteiger partial charge on any atom is -0.496 e. The number of ether oxygens (including phenoxy) is 2. The van der Waals surface area contributed by atoms with Crippen LogP contribution in [0.15, 0.2) is 36.7 Å². The largest absolute Gasteiger partial charge is 0.496 e. The number of halogens is 1. The van der Waals surface area contributed by atoms with Gasteiger partial charge in [0, 0.05) is 18.4 Å². The Morgan fingerprint density at radius 2 is 1.86 bits per heavy atom. The summed E-state index contributed by atoms with van der Waals surface area (Å²) in [5.74, 6) is 1.58. The molecule has 1 atom stereocenters. The van der Waals surface area contributed by atoms with Gasteiger partial charge in [-0.15, -0.1) is 0 Å². The van der Waals surface area contributed by atoms with Crippen molar-refractivity contribution in [3.63, 3.8) is 0 Å². The molecule has 1 unspecified atom stereocenters. The van der Waals surface area contributed by atoms with Gasteiger partial charge in [0.15, 0.2) is 0 Å². The fraction of sp³-hybridized carbons (Fsp3) is 0.312. The zero-order valence-corrected chi connectivity index (χ0v) is 13.1. The van der Waals surface area contributed by atoms with Crippen molar-refractivity contribution >= 4 is 11.6 Å². The minimum atomic E-state index is 0.0241. The van der Waals surface area contributed by atoms with Gasteiger partial charge in [-0.25, -0.2) is 0 Å². The smallest absolute Gasteiger partial charge is 0.127 e. The van der Waals surface area contributed by atoms with E-state index in [4.69, 9.17) is 21.1 Å². The molecular formula is C16H19ClN2O2. The topological polar surface area (TPSA) is 43.4 Å². The minimum absolute atomic E-state index is 0.0241. The molecule has 0 saturated heterocycles. The molecule has 0 spiro atoms. The molecule has 0 radical (unpaired) electrons. The number of rotatable bonds is 6. The molecule has 1 aromatic carbocycles. The standard InChI is InChI=1S/C16H19ClN2O2/c1-18-13(9-11-7-8-19-10-12(11)17)16-14(20-2)5-4-6-15(16)21-3/h4-8,10,13,18H,9H2,1-3H3. The van der Waals surface area contributed by atoms with Crippen LogP contribution in [-0.4, -0.2) is 26.3 Å². The number of hydrogen-bond donors (Lipinski definition) is 1. The Morgan fingerprint density at radius 3 is 2.38 bits per heavy atom. The van der Waals surface area contributed by atoms with E-state index in [1.807, 2.05) is 31.3 Å². The number of hydrogen-bond acceptors (Lipinski definition) is 4. The summed E-state index contributed by atoms with van der Waals surface area (Å²) in [5.41, 5.74) is 2.01. The maximum atomic E-state index is 6.21. The molecule has 21 heavy (non-hydrogen) atoms. The molecule has 4 nitrogen and oxygen atoms in total. The molecule has 0 saturated carbocycles. The molecule has 1 heterocycles. The van der Waals surface area contributed by atoms with Crippen molar-refractivity contribution in [2.45, 2.75) is 12.5 Å². The molecule has 0 aliphatic rings. The normalized spacial score (nSPS) is 12.0. The van der Waals surface area contributed by atoms with Crippen LogP contribution in [0, 0.1) is 0 Å². The Morgan fingerprint density at radius 1 is 1.19 bits per heavy atom. The second-order valence-corrected chi connectivity index (χ2v) is 5.00. The maximum absolute atomic E-state index is 6.21. The molecule has 2 aromatic rings. The van der Waals surface area contributed by atoms with E-state index >= 15 is 0 Å². The first-order valence-electron chi connectivity index (χ1n) is 6.67. The molecule has 5 heteroatoms. The third-order valence-electron chi connectivity index (χ3n) is 3.44. The zero-order chi connectivity index (χ0) is 15.2. The molecule has 0 aliphatic carbocycles. The summed E-state index contributed by atoms with van der Waals surface area (Å²) in [5, 5.41) is 3.96. The van der Waals surface area contributed by atoms with Crippen LogP contribution in [0.25, 0.3) is 0 Å². The van der Waals surface area contributed by atoms with E-state index in [1.54, 1.807) is 26.6 Å². The maximum Gasteiger partial charge on any atom is 0.127 e. The van der Waals surface area contributed by atoms with E-state index < -0.39 is 0 Å². The highest BCUT2D eigenvalue weighted by Gasteiger charge is 2.20. The summed E-state index contributed by atoms with van der Waals surface area (Å²) < 4.78 is 10.9. The molecule has 0 amide bonds. The van der Waals surface area contributed by atoms with Crippen LogP contribution in [0.2, 0.25) is 5.02 Å². The van der Waals surface area contributed by atoms with E-state index in [-0.39, 0.29) is 6.04 Å². The van der Waals surface area contributed by atoms with Crippen molar-refractivity contribution in [3.8, 4) is 11.5 Å². The predicted molar refractivity (Wildman–Crippen MR) is 84.3 cm³/mol. The van der Waals surface area contributed by atoms with Gasteiger partial charge in [0.1, 0.15) is 11.5 Å². The summed E-state index contributed by atoms with van der Waals surface area (Å²) in [7, 11) is 5.22. The van der Waals surface area contributed by atoms with Gasteiger partial charge in [-0.3, -0.25) is 4.98 Å². The molecule has 0 fully saturated rings. The summed E-state index contributed by atoms with van der Waals surface area (Å²) >= 11 is 6.21. The monoisotopic (exact) mass is 306 g/mol. The second kappa shape index (κ2) is 7.29. The number of nitrogens with one attached hydrogen (secondary N) is 1. The van der Waals surface area contributed by atoms with Gasteiger partial charge in [0.2, 0.25) is 0 Å². The highest BCUT2D eigenvalue weighted by Crippen LogP contribution is 2.36. The van der Waals surface area contributed by atoms with Crippen LogP contribution >= 0.6 is 11.6 Å². The lowest BCUT2D eigenvalue weighted by molar-refractivity contribution is 0.373. The average molecular weight is 307 g/mol. The lowest BCUT2D eigenvalue weighted by Gasteiger charge is -2.22. The molecule has 1 N–H and O–H groups in total. The van der Waals surface area contributed by atoms with Crippen molar-refractivity contribution in [2.24, 2.45) is 0 Å². The Labute approximate surface area is 130 Å². The van der Waals surface area contributed by atoms with Gasteiger partial charge in [-0.2, -0.15) is 0 Å².